The third-order valence-corrected chi connectivity index (χ3v) is 3.92. The van der Waals surface area contributed by atoms with Gasteiger partial charge in [0.2, 0.25) is 0 Å². The summed E-state index contributed by atoms with van der Waals surface area (Å²) in [4.78, 5) is 12.5. The van der Waals surface area contributed by atoms with Crippen molar-refractivity contribution in [3.05, 3.63) is 20.8 Å². The summed E-state index contributed by atoms with van der Waals surface area (Å²) in [5, 5.41) is 2.96. The van der Waals surface area contributed by atoms with Gasteiger partial charge in [0, 0.05) is 11.9 Å². The molecule has 0 radical (unpaired) electrons. The van der Waals surface area contributed by atoms with Crippen molar-refractivity contribution >= 4 is 44.8 Å². The lowest BCUT2D eigenvalue weighted by Gasteiger charge is -2.14. The van der Waals surface area contributed by atoms with Crippen LogP contribution in [0.4, 0.5) is 0 Å². The highest BCUT2D eigenvalue weighted by atomic mass is 79.9. The Kier molecular flexibility index (Phi) is 5.64. The van der Waals surface area contributed by atoms with Gasteiger partial charge < -0.3 is 5.32 Å². The van der Waals surface area contributed by atoms with Crippen LogP contribution >= 0.6 is 38.9 Å². The molecule has 84 valence electrons. The lowest BCUT2D eigenvalue weighted by Crippen LogP contribution is -2.34. The van der Waals surface area contributed by atoms with E-state index in [2.05, 4.69) is 21.2 Å². The predicted octanol–water partition coefficient (Wildman–Crippen LogP) is 3.65. The molecule has 0 aliphatic rings. The molecule has 0 spiro atoms. The topological polar surface area (TPSA) is 29.1 Å². The van der Waals surface area contributed by atoms with E-state index in [0.717, 1.165) is 21.5 Å². The number of alkyl halides is 1. The summed E-state index contributed by atoms with van der Waals surface area (Å²) in [5.74, 6) is 0.565. The number of rotatable bonds is 5. The van der Waals surface area contributed by atoms with Gasteiger partial charge in [-0.2, -0.15) is 0 Å². The van der Waals surface area contributed by atoms with Gasteiger partial charge in [0.05, 0.1) is 8.66 Å². The Bertz CT molecular complexity index is 329. The Hall–Kier alpha value is -0.0600. The van der Waals surface area contributed by atoms with Gasteiger partial charge in [0.1, 0.15) is 0 Å². The predicted molar refractivity (Wildman–Crippen MR) is 68.9 cm³/mol. The maximum absolute atomic E-state index is 11.7. The standard InChI is InChI=1S/C10H13BrClNOS/c1-2-7(5-6-12)13-10(14)8-3-4-9(11)15-8/h3-4,7H,2,5-6H2,1H3,(H,13,14). The first-order valence-electron chi connectivity index (χ1n) is 4.79. The Balaban J connectivity index is 2.54. The fourth-order valence-electron chi connectivity index (χ4n) is 1.20. The largest absolute Gasteiger partial charge is 0.349 e. The second-order valence-electron chi connectivity index (χ2n) is 3.16. The van der Waals surface area contributed by atoms with Crippen LogP contribution in [-0.4, -0.2) is 17.8 Å². The first kappa shape index (κ1) is 13.0. The Labute approximate surface area is 107 Å². The van der Waals surface area contributed by atoms with Crippen molar-refractivity contribution in [2.75, 3.05) is 5.88 Å². The third kappa shape index (κ3) is 4.13. The zero-order chi connectivity index (χ0) is 11.3. The van der Waals surface area contributed by atoms with Crippen molar-refractivity contribution in [2.45, 2.75) is 25.8 Å². The van der Waals surface area contributed by atoms with Crippen LogP contribution in [0, 0.1) is 0 Å². The van der Waals surface area contributed by atoms with Gasteiger partial charge in [-0.25, -0.2) is 0 Å². The minimum absolute atomic E-state index is 0.0114. The Morgan fingerprint density at radius 1 is 1.67 bits per heavy atom. The summed E-state index contributed by atoms with van der Waals surface area (Å²) >= 11 is 10.4. The zero-order valence-electron chi connectivity index (χ0n) is 8.43. The van der Waals surface area contributed by atoms with Crippen LogP contribution in [0.15, 0.2) is 15.9 Å². The van der Waals surface area contributed by atoms with Gasteiger partial charge in [-0.05, 0) is 40.9 Å². The number of nitrogens with one attached hydrogen (secondary N) is 1. The van der Waals surface area contributed by atoms with Gasteiger partial charge in [0.15, 0.2) is 0 Å². The quantitative estimate of drug-likeness (QED) is 0.826. The van der Waals surface area contributed by atoms with E-state index in [9.17, 15) is 4.79 Å². The van der Waals surface area contributed by atoms with Gasteiger partial charge in [-0.15, -0.1) is 22.9 Å². The molecule has 5 heteroatoms. The summed E-state index contributed by atoms with van der Waals surface area (Å²) in [6.07, 6.45) is 1.72. The highest BCUT2D eigenvalue weighted by molar-refractivity contribution is 9.11. The van der Waals surface area contributed by atoms with Crippen LogP contribution in [0.3, 0.4) is 0 Å². The van der Waals surface area contributed by atoms with E-state index >= 15 is 0 Å². The molecule has 0 fully saturated rings. The SMILES string of the molecule is CCC(CCCl)NC(=O)c1ccc(Br)s1. The molecular weight excluding hydrogens is 298 g/mol. The maximum Gasteiger partial charge on any atom is 0.261 e. The summed E-state index contributed by atoms with van der Waals surface area (Å²) < 4.78 is 0.970. The molecule has 1 amide bonds. The van der Waals surface area contributed by atoms with Gasteiger partial charge >= 0.3 is 0 Å². The van der Waals surface area contributed by atoms with Crippen LogP contribution in [-0.2, 0) is 0 Å². The van der Waals surface area contributed by atoms with Gasteiger partial charge in [-0.1, -0.05) is 6.92 Å². The normalized spacial score (nSPS) is 12.5. The minimum Gasteiger partial charge on any atom is -0.349 e. The lowest BCUT2D eigenvalue weighted by molar-refractivity contribution is 0.0939. The second kappa shape index (κ2) is 6.51. The van der Waals surface area contributed by atoms with Crippen molar-refractivity contribution in [3.8, 4) is 0 Å². The number of hydrogen-bond acceptors (Lipinski definition) is 2. The van der Waals surface area contributed by atoms with E-state index in [4.69, 9.17) is 11.6 Å². The summed E-state index contributed by atoms with van der Waals surface area (Å²) in [5.41, 5.74) is 0. The molecular formula is C10H13BrClNOS. The molecule has 0 aromatic carbocycles. The minimum atomic E-state index is -0.0114. The fraction of sp³-hybridized carbons (Fsp3) is 0.500. The molecule has 15 heavy (non-hydrogen) atoms. The first-order chi connectivity index (χ1) is 7.17. The lowest BCUT2D eigenvalue weighted by atomic mass is 10.2. The average molecular weight is 311 g/mol. The Morgan fingerprint density at radius 3 is 2.87 bits per heavy atom. The van der Waals surface area contributed by atoms with Crippen molar-refractivity contribution in [1.29, 1.82) is 0 Å². The Morgan fingerprint density at radius 2 is 2.40 bits per heavy atom. The summed E-state index contributed by atoms with van der Waals surface area (Å²) in [6, 6.07) is 3.87. The molecule has 1 atom stereocenters. The number of halogens is 2. The van der Waals surface area contributed by atoms with E-state index in [-0.39, 0.29) is 11.9 Å². The zero-order valence-corrected chi connectivity index (χ0v) is 11.6. The van der Waals surface area contributed by atoms with Crippen molar-refractivity contribution < 1.29 is 4.79 Å². The molecule has 0 aliphatic carbocycles. The van der Waals surface area contributed by atoms with Crippen molar-refractivity contribution in [3.63, 3.8) is 0 Å². The molecule has 1 N–H and O–H groups in total. The van der Waals surface area contributed by atoms with Crippen LogP contribution in [0.25, 0.3) is 0 Å². The smallest absolute Gasteiger partial charge is 0.261 e. The van der Waals surface area contributed by atoms with Gasteiger partial charge in [-0.3, -0.25) is 4.79 Å². The first-order valence-corrected chi connectivity index (χ1v) is 6.94. The van der Waals surface area contributed by atoms with Crippen LogP contribution < -0.4 is 5.32 Å². The molecule has 0 aliphatic heterocycles. The molecule has 0 saturated carbocycles. The molecule has 1 rings (SSSR count). The van der Waals surface area contributed by atoms with Crippen LogP contribution in [0.1, 0.15) is 29.4 Å². The van der Waals surface area contributed by atoms with E-state index in [1.807, 2.05) is 19.1 Å². The van der Waals surface area contributed by atoms with E-state index < -0.39 is 0 Å². The number of carbonyl (C=O) groups excluding carboxylic acids is 1. The fourth-order valence-corrected chi connectivity index (χ4v) is 2.76. The molecule has 0 saturated heterocycles. The highest BCUT2D eigenvalue weighted by Crippen LogP contribution is 2.22. The molecule has 1 unspecified atom stereocenters. The van der Waals surface area contributed by atoms with Crippen molar-refractivity contribution in [2.24, 2.45) is 0 Å². The molecule has 0 bridgehead atoms. The third-order valence-electron chi connectivity index (χ3n) is 2.08. The van der Waals surface area contributed by atoms with Crippen LogP contribution in [0.5, 0.6) is 0 Å². The highest BCUT2D eigenvalue weighted by Gasteiger charge is 2.13. The molecule has 1 aromatic rings. The number of amides is 1. The van der Waals surface area contributed by atoms with E-state index in [1.165, 1.54) is 11.3 Å². The molecule has 1 heterocycles. The van der Waals surface area contributed by atoms with E-state index in [0.29, 0.717) is 5.88 Å². The second-order valence-corrected chi connectivity index (χ2v) is 6.00. The number of hydrogen-bond donors (Lipinski definition) is 1. The maximum atomic E-state index is 11.7. The number of thiophene rings is 1. The average Bonchev–Trinajstić information content (AvgIpc) is 2.64. The monoisotopic (exact) mass is 309 g/mol. The summed E-state index contributed by atoms with van der Waals surface area (Å²) in [6.45, 7) is 2.04. The van der Waals surface area contributed by atoms with Crippen LogP contribution in [0.2, 0.25) is 0 Å². The number of carbonyl (C=O) groups is 1. The van der Waals surface area contributed by atoms with Gasteiger partial charge in [0.25, 0.3) is 5.91 Å². The molecule has 1 aromatic heterocycles. The van der Waals surface area contributed by atoms with Crippen molar-refractivity contribution in [1.82, 2.24) is 5.32 Å². The van der Waals surface area contributed by atoms with E-state index in [1.54, 1.807) is 0 Å². The summed E-state index contributed by atoms with van der Waals surface area (Å²) in [7, 11) is 0. The molecule has 2 nitrogen and oxygen atoms in total.